The highest BCUT2D eigenvalue weighted by atomic mass is 35.5. The van der Waals surface area contributed by atoms with Gasteiger partial charge in [0.1, 0.15) is 18.3 Å². The Morgan fingerprint density at radius 1 is 1.08 bits per heavy atom. The van der Waals surface area contributed by atoms with Gasteiger partial charge in [-0.05, 0) is 48.9 Å². The molecule has 0 spiro atoms. The fraction of sp³-hybridized carbons (Fsp3) is 0.211. The summed E-state index contributed by atoms with van der Waals surface area (Å²) in [6.07, 6.45) is -0.481. The number of rotatable bonds is 7. The zero-order valence-electron chi connectivity index (χ0n) is 14.0. The summed E-state index contributed by atoms with van der Waals surface area (Å²) in [7, 11) is 0. The summed E-state index contributed by atoms with van der Waals surface area (Å²) in [5.74, 6) is -2.25. The molecule has 2 aromatic carbocycles. The maximum absolute atomic E-state index is 13.0. The summed E-state index contributed by atoms with van der Waals surface area (Å²) in [6.45, 7) is 1.79. The average molecular weight is 378 g/mol. The molecule has 0 bridgehead atoms. The molecule has 1 unspecified atom stereocenters. The van der Waals surface area contributed by atoms with E-state index in [1.54, 1.807) is 31.2 Å². The van der Waals surface area contributed by atoms with Crippen molar-refractivity contribution in [3.63, 3.8) is 0 Å². The van der Waals surface area contributed by atoms with E-state index in [0.717, 1.165) is 12.1 Å². The van der Waals surface area contributed by atoms with Crippen LogP contribution in [-0.2, 0) is 14.3 Å². The fourth-order valence-corrected chi connectivity index (χ4v) is 2.40. The van der Waals surface area contributed by atoms with Crippen LogP contribution in [0.2, 0.25) is 5.02 Å². The van der Waals surface area contributed by atoms with E-state index in [1.165, 1.54) is 12.1 Å². The highest BCUT2D eigenvalue weighted by Crippen LogP contribution is 2.20. The standard InChI is InChI=1S/C19H17ClFNO4/c1-2-26-17(24)11-16(23)18(12-3-7-14(20)8-4-12)22-19(25)13-5-9-15(21)10-6-13/h3-10,18H,2,11H2,1H3,(H,22,25). The molecule has 1 atom stereocenters. The Kier molecular flexibility index (Phi) is 6.86. The summed E-state index contributed by atoms with van der Waals surface area (Å²) in [5.41, 5.74) is 0.661. The Labute approximate surface area is 155 Å². The van der Waals surface area contributed by atoms with Crippen molar-refractivity contribution in [2.75, 3.05) is 6.61 Å². The molecule has 0 aliphatic heterocycles. The summed E-state index contributed by atoms with van der Waals surface area (Å²) < 4.78 is 17.8. The van der Waals surface area contributed by atoms with Crippen molar-refractivity contribution in [2.45, 2.75) is 19.4 Å². The lowest BCUT2D eigenvalue weighted by molar-refractivity contribution is -0.145. The van der Waals surface area contributed by atoms with E-state index in [0.29, 0.717) is 10.6 Å². The largest absolute Gasteiger partial charge is 0.466 e. The molecule has 0 aliphatic rings. The molecule has 0 saturated heterocycles. The lowest BCUT2D eigenvalue weighted by atomic mass is 10.00. The van der Waals surface area contributed by atoms with Gasteiger partial charge in [0.05, 0.1) is 6.61 Å². The number of carbonyl (C=O) groups excluding carboxylic acids is 3. The van der Waals surface area contributed by atoms with Gasteiger partial charge in [-0.25, -0.2) is 4.39 Å². The Morgan fingerprint density at radius 3 is 2.27 bits per heavy atom. The minimum Gasteiger partial charge on any atom is -0.466 e. The molecule has 1 amide bonds. The number of hydrogen-bond acceptors (Lipinski definition) is 4. The van der Waals surface area contributed by atoms with Crippen LogP contribution in [0.5, 0.6) is 0 Å². The molecule has 0 saturated carbocycles. The van der Waals surface area contributed by atoms with Gasteiger partial charge in [0.15, 0.2) is 5.78 Å². The van der Waals surface area contributed by atoms with E-state index in [9.17, 15) is 18.8 Å². The first kappa shape index (κ1) is 19.6. The average Bonchev–Trinajstić information content (AvgIpc) is 2.61. The highest BCUT2D eigenvalue weighted by Gasteiger charge is 2.25. The van der Waals surface area contributed by atoms with Crippen LogP contribution in [0.4, 0.5) is 4.39 Å². The fourth-order valence-electron chi connectivity index (χ4n) is 2.28. The third-order valence-corrected chi connectivity index (χ3v) is 3.78. The molecule has 0 aliphatic carbocycles. The third-order valence-electron chi connectivity index (χ3n) is 3.53. The lowest BCUT2D eigenvalue weighted by Crippen LogP contribution is -2.35. The number of esters is 1. The predicted octanol–water partition coefficient (Wildman–Crippen LogP) is 3.47. The van der Waals surface area contributed by atoms with Crippen molar-refractivity contribution in [1.82, 2.24) is 5.32 Å². The molecule has 136 valence electrons. The van der Waals surface area contributed by atoms with Gasteiger partial charge in [0, 0.05) is 10.6 Å². The topological polar surface area (TPSA) is 72.5 Å². The summed E-state index contributed by atoms with van der Waals surface area (Å²) >= 11 is 5.86. The first-order chi connectivity index (χ1) is 12.4. The van der Waals surface area contributed by atoms with E-state index in [4.69, 9.17) is 16.3 Å². The Morgan fingerprint density at radius 2 is 1.69 bits per heavy atom. The van der Waals surface area contributed by atoms with Crippen molar-refractivity contribution in [1.29, 1.82) is 0 Å². The van der Waals surface area contributed by atoms with Crippen LogP contribution in [0.1, 0.15) is 35.3 Å². The normalized spacial score (nSPS) is 11.5. The maximum atomic E-state index is 13.0. The van der Waals surface area contributed by atoms with Crippen molar-refractivity contribution in [3.8, 4) is 0 Å². The van der Waals surface area contributed by atoms with E-state index < -0.39 is 35.9 Å². The quantitative estimate of drug-likeness (QED) is 0.592. The van der Waals surface area contributed by atoms with E-state index in [2.05, 4.69) is 5.32 Å². The molecule has 0 aromatic heterocycles. The van der Waals surface area contributed by atoms with Gasteiger partial charge in [-0.2, -0.15) is 0 Å². The molecular formula is C19H17ClFNO4. The van der Waals surface area contributed by atoms with Crippen LogP contribution < -0.4 is 5.32 Å². The number of nitrogens with one attached hydrogen (secondary N) is 1. The van der Waals surface area contributed by atoms with Crippen LogP contribution >= 0.6 is 11.6 Å². The van der Waals surface area contributed by atoms with E-state index in [1.807, 2.05) is 0 Å². The molecule has 7 heteroatoms. The SMILES string of the molecule is CCOC(=O)CC(=O)C(NC(=O)c1ccc(F)cc1)c1ccc(Cl)cc1. The first-order valence-electron chi connectivity index (χ1n) is 7.91. The van der Waals surface area contributed by atoms with Crippen LogP contribution in [0.15, 0.2) is 48.5 Å². The monoisotopic (exact) mass is 377 g/mol. The van der Waals surface area contributed by atoms with Crippen molar-refractivity contribution >= 4 is 29.3 Å². The maximum Gasteiger partial charge on any atom is 0.313 e. The number of hydrogen-bond donors (Lipinski definition) is 1. The second kappa shape index (κ2) is 9.10. The molecule has 0 heterocycles. The highest BCUT2D eigenvalue weighted by molar-refractivity contribution is 6.30. The predicted molar refractivity (Wildman–Crippen MR) is 94.3 cm³/mol. The third kappa shape index (κ3) is 5.39. The molecule has 0 radical (unpaired) electrons. The molecule has 5 nitrogen and oxygen atoms in total. The molecule has 1 N–H and O–H groups in total. The minimum atomic E-state index is -1.06. The van der Waals surface area contributed by atoms with E-state index >= 15 is 0 Å². The zero-order chi connectivity index (χ0) is 19.1. The first-order valence-corrected chi connectivity index (χ1v) is 8.28. The molecule has 2 rings (SSSR count). The Hall–Kier alpha value is -2.73. The Balaban J connectivity index is 2.23. The van der Waals surface area contributed by atoms with Gasteiger partial charge in [-0.1, -0.05) is 23.7 Å². The molecule has 2 aromatic rings. The lowest BCUT2D eigenvalue weighted by Gasteiger charge is -2.18. The van der Waals surface area contributed by atoms with Gasteiger partial charge < -0.3 is 10.1 Å². The number of ketones is 1. The van der Waals surface area contributed by atoms with Crippen LogP contribution in [0, 0.1) is 5.82 Å². The number of benzene rings is 2. The van der Waals surface area contributed by atoms with Gasteiger partial charge in [0.25, 0.3) is 5.91 Å². The number of carbonyl (C=O) groups is 3. The Bertz CT molecular complexity index is 790. The smallest absolute Gasteiger partial charge is 0.313 e. The van der Waals surface area contributed by atoms with Crippen LogP contribution in [0.3, 0.4) is 0 Å². The number of halogens is 2. The number of Topliss-reactive ketones (excluding diaryl/α,β-unsaturated/α-hetero) is 1. The van der Waals surface area contributed by atoms with Crippen LogP contribution in [0.25, 0.3) is 0 Å². The molecular weight excluding hydrogens is 361 g/mol. The zero-order valence-corrected chi connectivity index (χ0v) is 14.8. The van der Waals surface area contributed by atoms with Gasteiger partial charge >= 0.3 is 5.97 Å². The second-order valence-corrected chi connectivity index (χ2v) is 5.85. The summed E-state index contributed by atoms with van der Waals surface area (Å²) in [6, 6.07) is 10.2. The summed E-state index contributed by atoms with van der Waals surface area (Å²) in [4.78, 5) is 36.5. The van der Waals surface area contributed by atoms with Gasteiger partial charge in [-0.3, -0.25) is 14.4 Å². The number of amides is 1. The van der Waals surface area contributed by atoms with Gasteiger partial charge in [0.2, 0.25) is 0 Å². The number of ether oxygens (including phenoxy) is 1. The molecule has 0 fully saturated rings. The van der Waals surface area contributed by atoms with Crippen LogP contribution in [-0.4, -0.2) is 24.3 Å². The van der Waals surface area contributed by atoms with E-state index in [-0.39, 0.29) is 12.2 Å². The molecule has 26 heavy (non-hydrogen) atoms. The van der Waals surface area contributed by atoms with Crippen molar-refractivity contribution in [2.24, 2.45) is 0 Å². The van der Waals surface area contributed by atoms with Crippen molar-refractivity contribution in [3.05, 3.63) is 70.5 Å². The summed E-state index contributed by atoms with van der Waals surface area (Å²) in [5, 5.41) is 3.04. The second-order valence-electron chi connectivity index (χ2n) is 5.41. The minimum absolute atomic E-state index is 0.152. The van der Waals surface area contributed by atoms with Gasteiger partial charge in [-0.15, -0.1) is 0 Å². The van der Waals surface area contributed by atoms with Crippen molar-refractivity contribution < 1.29 is 23.5 Å².